The first-order chi connectivity index (χ1) is 17.2. The highest BCUT2D eigenvalue weighted by atomic mass is 35.5. The van der Waals surface area contributed by atoms with Crippen molar-refractivity contribution < 1.29 is 37.4 Å². The molecule has 0 aliphatic carbocycles. The van der Waals surface area contributed by atoms with E-state index >= 15 is 4.39 Å². The van der Waals surface area contributed by atoms with Gasteiger partial charge in [-0.15, -0.1) is 0 Å². The Morgan fingerprint density at radius 3 is 2.54 bits per heavy atom. The molecule has 1 aliphatic heterocycles. The highest BCUT2D eigenvalue weighted by Gasteiger charge is 2.55. The van der Waals surface area contributed by atoms with Crippen molar-refractivity contribution in [3.63, 3.8) is 0 Å². The summed E-state index contributed by atoms with van der Waals surface area (Å²) in [7, 11) is -4.36. The van der Waals surface area contributed by atoms with Gasteiger partial charge in [-0.25, -0.2) is 13.8 Å². The highest BCUT2D eigenvalue weighted by Crippen LogP contribution is 2.47. The minimum absolute atomic E-state index is 0.0746. The number of aromatic nitrogens is 2. The van der Waals surface area contributed by atoms with Gasteiger partial charge in [0, 0.05) is 17.3 Å². The maximum atomic E-state index is 15.5. The van der Waals surface area contributed by atoms with Crippen LogP contribution < -0.4 is 20.9 Å². The molecule has 1 aromatic carbocycles. The number of H-pyrrole nitrogens is 1. The molecule has 1 aliphatic rings. The minimum Gasteiger partial charge on any atom is -0.462 e. The maximum absolute atomic E-state index is 15.5. The molecule has 1 aromatic heterocycles. The van der Waals surface area contributed by atoms with Gasteiger partial charge in [-0.05, 0) is 52.0 Å². The lowest BCUT2D eigenvalue weighted by atomic mass is 9.98. The monoisotopic (exact) mass is 563 g/mol. The summed E-state index contributed by atoms with van der Waals surface area (Å²) in [5, 5.41) is 13.4. The standard InChI is InChI=1S/C22H28ClFN3O9P/c1-12(2)34-19(30)13(3)26-37(32,36-15-7-5-14(23)6-8-15)33-11-16-18(29)22(4,24)20(35-16)27-10-9-17(28)25-21(27)31/h5-10,12-13,16,18,20,29H,11H2,1-4H3,(H,26,32)(H,25,28,31)/t13-,16+,18+,20+,22+,37-/m0/s1. The third-order valence-electron chi connectivity index (χ3n) is 5.33. The van der Waals surface area contributed by atoms with Crippen LogP contribution in [-0.4, -0.2) is 57.3 Å². The number of benzene rings is 1. The summed E-state index contributed by atoms with van der Waals surface area (Å²) in [4.78, 5) is 37.8. The van der Waals surface area contributed by atoms with Crippen LogP contribution in [0.1, 0.15) is 33.9 Å². The summed E-state index contributed by atoms with van der Waals surface area (Å²) in [6.45, 7) is 5.00. The van der Waals surface area contributed by atoms with E-state index in [0.717, 1.165) is 23.8 Å². The minimum atomic E-state index is -4.36. The molecule has 15 heteroatoms. The van der Waals surface area contributed by atoms with Gasteiger partial charge in [0.15, 0.2) is 11.9 Å². The third kappa shape index (κ3) is 7.07. The molecular formula is C22H28ClFN3O9P. The Balaban J connectivity index is 1.81. The van der Waals surface area contributed by atoms with Crippen molar-refractivity contribution >= 4 is 25.3 Å². The summed E-state index contributed by atoms with van der Waals surface area (Å²) in [6, 6.07) is 5.62. The van der Waals surface area contributed by atoms with Gasteiger partial charge in [0.1, 0.15) is 24.0 Å². The predicted molar refractivity (Wildman–Crippen MR) is 130 cm³/mol. The topological polar surface area (TPSA) is 158 Å². The number of esters is 1. The first-order valence-electron chi connectivity index (χ1n) is 11.2. The van der Waals surface area contributed by atoms with Crippen LogP contribution in [0.3, 0.4) is 0 Å². The molecule has 6 atom stereocenters. The van der Waals surface area contributed by atoms with E-state index in [-0.39, 0.29) is 5.75 Å². The average Bonchev–Trinajstić information content (AvgIpc) is 3.02. The lowest BCUT2D eigenvalue weighted by Gasteiger charge is -2.25. The zero-order valence-corrected chi connectivity index (χ0v) is 22.1. The second-order valence-corrected chi connectivity index (χ2v) is 10.9. The fraction of sp³-hybridized carbons (Fsp3) is 0.500. The van der Waals surface area contributed by atoms with Crippen molar-refractivity contribution in [1.82, 2.24) is 14.6 Å². The van der Waals surface area contributed by atoms with Crippen LogP contribution in [-0.2, 0) is 23.4 Å². The van der Waals surface area contributed by atoms with E-state index in [9.17, 15) is 24.1 Å². The molecule has 37 heavy (non-hydrogen) atoms. The Morgan fingerprint density at radius 1 is 1.30 bits per heavy atom. The van der Waals surface area contributed by atoms with Crippen LogP contribution in [0.25, 0.3) is 0 Å². The van der Waals surface area contributed by atoms with Crippen molar-refractivity contribution in [3.05, 3.63) is 62.4 Å². The lowest BCUT2D eigenvalue weighted by molar-refractivity contribution is -0.149. The summed E-state index contributed by atoms with van der Waals surface area (Å²) in [6.07, 6.45) is -4.29. The second kappa shape index (κ2) is 11.5. The molecule has 0 saturated carbocycles. The molecule has 0 bridgehead atoms. The summed E-state index contributed by atoms with van der Waals surface area (Å²) in [5.41, 5.74) is -4.15. The number of hydrogen-bond acceptors (Lipinski definition) is 9. The van der Waals surface area contributed by atoms with Crippen LogP contribution in [0.15, 0.2) is 46.1 Å². The molecule has 204 valence electrons. The Morgan fingerprint density at radius 2 is 1.95 bits per heavy atom. The van der Waals surface area contributed by atoms with E-state index < -0.39 is 67.8 Å². The predicted octanol–water partition coefficient (Wildman–Crippen LogP) is 2.31. The molecule has 1 fully saturated rings. The SMILES string of the molecule is CC(C)OC(=O)[C@H](C)N[P@](=O)(OC[C@H]1O[C@@H](n2ccc(=O)[nH]c2=O)[C@](C)(F)[C@@H]1O)Oc1ccc(Cl)cc1. The number of nitrogens with one attached hydrogen (secondary N) is 2. The summed E-state index contributed by atoms with van der Waals surface area (Å²) < 4.78 is 51.4. The largest absolute Gasteiger partial charge is 0.462 e. The quantitative estimate of drug-likeness (QED) is 0.289. The number of carbonyl (C=O) groups is 1. The molecular weight excluding hydrogens is 536 g/mol. The van der Waals surface area contributed by atoms with Gasteiger partial charge in [0.2, 0.25) is 0 Å². The number of rotatable bonds is 10. The van der Waals surface area contributed by atoms with Gasteiger partial charge in [-0.2, -0.15) is 5.09 Å². The van der Waals surface area contributed by atoms with E-state index in [0.29, 0.717) is 5.02 Å². The highest BCUT2D eigenvalue weighted by molar-refractivity contribution is 7.52. The van der Waals surface area contributed by atoms with Crippen LogP contribution in [0.5, 0.6) is 5.75 Å². The van der Waals surface area contributed by atoms with Crippen LogP contribution in [0.4, 0.5) is 4.39 Å². The molecule has 1 saturated heterocycles. The normalized spacial score (nSPS) is 26.0. The smallest absolute Gasteiger partial charge is 0.459 e. The van der Waals surface area contributed by atoms with Gasteiger partial charge in [-0.1, -0.05) is 11.6 Å². The van der Waals surface area contributed by atoms with E-state index in [2.05, 4.69) is 5.09 Å². The molecule has 3 N–H and O–H groups in total. The number of aliphatic hydroxyl groups is 1. The number of alkyl halides is 1. The first-order valence-corrected chi connectivity index (χ1v) is 13.2. The number of aliphatic hydroxyl groups excluding tert-OH is 1. The average molecular weight is 564 g/mol. The van der Waals surface area contributed by atoms with E-state index in [4.69, 9.17) is 30.1 Å². The van der Waals surface area contributed by atoms with Gasteiger partial charge in [0.25, 0.3) is 5.56 Å². The van der Waals surface area contributed by atoms with Gasteiger partial charge >= 0.3 is 19.4 Å². The fourth-order valence-electron chi connectivity index (χ4n) is 3.48. The van der Waals surface area contributed by atoms with Crippen LogP contribution in [0.2, 0.25) is 5.02 Å². The Hall–Kier alpha value is -2.54. The van der Waals surface area contributed by atoms with Crippen molar-refractivity contribution in [2.45, 2.75) is 63.9 Å². The first kappa shape index (κ1) is 29.0. The van der Waals surface area contributed by atoms with Gasteiger partial charge < -0.3 is 19.1 Å². The summed E-state index contributed by atoms with van der Waals surface area (Å²) in [5.74, 6) is -0.657. The molecule has 2 heterocycles. The Labute approximate surface area is 216 Å². The number of carbonyl (C=O) groups excluding carboxylic acids is 1. The van der Waals surface area contributed by atoms with Crippen LogP contribution >= 0.6 is 19.3 Å². The number of aromatic amines is 1. The van der Waals surface area contributed by atoms with Crippen molar-refractivity contribution in [2.24, 2.45) is 0 Å². The molecule has 0 amide bonds. The Kier molecular flexibility index (Phi) is 8.99. The van der Waals surface area contributed by atoms with E-state index in [1.807, 2.05) is 4.98 Å². The molecule has 12 nitrogen and oxygen atoms in total. The molecule has 3 rings (SSSR count). The number of ether oxygens (including phenoxy) is 2. The zero-order valence-electron chi connectivity index (χ0n) is 20.4. The zero-order chi connectivity index (χ0) is 27.5. The van der Waals surface area contributed by atoms with Gasteiger partial charge in [-0.3, -0.25) is 23.7 Å². The van der Waals surface area contributed by atoms with Crippen LogP contribution in [0, 0.1) is 0 Å². The second-order valence-electron chi connectivity index (χ2n) is 8.82. The number of nitrogens with zero attached hydrogens (tertiary/aromatic N) is 1. The van der Waals surface area contributed by atoms with Crippen molar-refractivity contribution in [2.75, 3.05) is 6.61 Å². The lowest BCUT2D eigenvalue weighted by Crippen LogP contribution is -2.43. The molecule has 0 unspecified atom stereocenters. The fourth-order valence-corrected chi connectivity index (χ4v) is 5.11. The van der Waals surface area contributed by atoms with E-state index in [1.54, 1.807) is 13.8 Å². The van der Waals surface area contributed by atoms with E-state index in [1.165, 1.54) is 31.2 Å². The maximum Gasteiger partial charge on any atom is 0.459 e. The van der Waals surface area contributed by atoms with Crippen molar-refractivity contribution in [3.8, 4) is 5.75 Å². The van der Waals surface area contributed by atoms with Crippen molar-refractivity contribution in [1.29, 1.82) is 0 Å². The number of hydrogen-bond donors (Lipinski definition) is 3. The number of halogens is 2. The molecule has 0 spiro atoms. The molecule has 2 aromatic rings. The Bertz CT molecular complexity index is 1270. The third-order valence-corrected chi connectivity index (χ3v) is 7.22. The summed E-state index contributed by atoms with van der Waals surface area (Å²) >= 11 is 5.87. The molecule has 0 radical (unpaired) electrons. The van der Waals surface area contributed by atoms with Gasteiger partial charge in [0.05, 0.1) is 12.7 Å².